The number of hydrogen-bond acceptors (Lipinski definition) is 4. The van der Waals surface area contributed by atoms with Crippen LogP contribution < -0.4 is 0 Å². The maximum Gasteiger partial charge on any atom is 0.410 e. The highest BCUT2D eigenvalue weighted by Crippen LogP contribution is 2.21. The Morgan fingerprint density at radius 2 is 1.67 bits per heavy atom. The molecule has 0 spiro atoms. The Labute approximate surface area is 129 Å². The predicted octanol–water partition coefficient (Wildman–Crippen LogP) is 2.34. The molecule has 1 saturated heterocycles. The summed E-state index contributed by atoms with van der Waals surface area (Å²) in [5.74, 6) is 0. The van der Waals surface area contributed by atoms with E-state index in [0.717, 1.165) is 45.6 Å². The zero-order valence-electron chi connectivity index (χ0n) is 14.3. The van der Waals surface area contributed by atoms with Crippen LogP contribution >= 0.6 is 0 Å². The third-order valence-corrected chi connectivity index (χ3v) is 3.78. The third kappa shape index (κ3) is 7.14. The topological polar surface area (TPSA) is 53.0 Å². The average molecular weight is 300 g/mol. The summed E-state index contributed by atoms with van der Waals surface area (Å²) in [7, 11) is 0. The number of aliphatic hydroxyl groups excluding tert-OH is 1. The Bertz CT molecular complexity index is 329. The van der Waals surface area contributed by atoms with E-state index < -0.39 is 5.60 Å². The second-order valence-electron chi connectivity index (χ2n) is 7.73. The normalized spacial score (nSPS) is 17.9. The van der Waals surface area contributed by atoms with Crippen molar-refractivity contribution in [2.45, 2.75) is 53.1 Å². The lowest BCUT2D eigenvalue weighted by Crippen LogP contribution is -2.50. The summed E-state index contributed by atoms with van der Waals surface area (Å²) in [4.78, 5) is 16.1. The number of nitrogens with zero attached hydrogens (tertiary/aromatic N) is 2. The van der Waals surface area contributed by atoms with Gasteiger partial charge >= 0.3 is 6.09 Å². The molecule has 0 aromatic rings. The fraction of sp³-hybridized carbons (Fsp3) is 0.938. The molecule has 1 amide bonds. The largest absolute Gasteiger partial charge is 0.444 e. The van der Waals surface area contributed by atoms with Gasteiger partial charge in [-0.15, -0.1) is 0 Å². The lowest BCUT2D eigenvalue weighted by molar-refractivity contribution is 0.0141. The molecular weight excluding hydrogens is 268 g/mol. The second-order valence-corrected chi connectivity index (χ2v) is 7.73. The van der Waals surface area contributed by atoms with Crippen molar-refractivity contribution in [3.05, 3.63) is 0 Å². The lowest BCUT2D eigenvalue weighted by Gasteiger charge is -2.36. The minimum absolute atomic E-state index is 0.0122. The summed E-state index contributed by atoms with van der Waals surface area (Å²) in [6, 6.07) is 0. The van der Waals surface area contributed by atoms with Gasteiger partial charge in [0.2, 0.25) is 0 Å². The summed E-state index contributed by atoms with van der Waals surface area (Å²) in [5, 5.41) is 9.25. The molecule has 21 heavy (non-hydrogen) atoms. The van der Waals surface area contributed by atoms with Gasteiger partial charge in [-0.2, -0.15) is 0 Å². The SMILES string of the molecule is CC(C)(CO)CCCN1CCN(C(=O)OC(C)(C)C)CC1. The van der Waals surface area contributed by atoms with E-state index in [9.17, 15) is 9.90 Å². The highest BCUT2D eigenvalue weighted by molar-refractivity contribution is 5.68. The maximum atomic E-state index is 12.0. The monoisotopic (exact) mass is 300 g/mol. The molecule has 124 valence electrons. The smallest absolute Gasteiger partial charge is 0.410 e. The van der Waals surface area contributed by atoms with Gasteiger partial charge in [0.1, 0.15) is 5.60 Å². The third-order valence-electron chi connectivity index (χ3n) is 3.78. The molecule has 1 N–H and O–H groups in total. The maximum absolute atomic E-state index is 12.0. The Morgan fingerprint density at radius 3 is 2.14 bits per heavy atom. The van der Waals surface area contributed by atoms with E-state index in [1.807, 2.05) is 20.8 Å². The van der Waals surface area contributed by atoms with E-state index in [4.69, 9.17) is 4.74 Å². The van der Waals surface area contributed by atoms with Gasteiger partial charge in [-0.3, -0.25) is 4.90 Å². The van der Waals surface area contributed by atoms with E-state index in [1.54, 1.807) is 4.90 Å². The number of aliphatic hydroxyl groups is 1. The Kier molecular flexibility index (Phi) is 6.47. The Morgan fingerprint density at radius 1 is 1.10 bits per heavy atom. The molecule has 0 bridgehead atoms. The minimum Gasteiger partial charge on any atom is -0.444 e. The quantitative estimate of drug-likeness (QED) is 0.847. The van der Waals surface area contributed by atoms with Crippen LogP contribution in [0, 0.1) is 5.41 Å². The summed E-state index contributed by atoms with van der Waals surface area (Å²) in [6.45, 7) is 14.4. The predicted molar refractivity (Wildman–Crippen MR) is 84.3 cm³/mol. The van der Waals surface area contributed by atoms with Crippen molar-refractivity contribution in [2.24, 2.45) is 5.41 Å². The standard InChI is InChI=1S/C16H32N2O3/c1-15(2,3)21-14(20)18-11-9-17(10-12-18)8-6-7-16(4,5)13-19/h19H,6-13H2,1-5H3. The van der Waals surface area contributed by atoms with Crippen molar-refractivity contribution < 1.29 is 14.6 Å². The molecule has 0 aromatic carbocycles. The first-order valence-corrected chi connectivity index (χ1v) is 7.94. The zero-order valence-corrected chi connectivity index (χ0v) is 14.3. The molecule has 1 rings (SSSR count). The van der Waals surface area contributed by atoms with Gasteiger partial charge in [0.05, 0.1) is 0 Å². The van der Waals surface area contributed by atoms with E-state index in [2.05, 4.69) is 18.7 Å². The van der Waals surface area contributed by atoms with Crippen molar-refractivity contribution >= 4 is 6.09 Å². The number of hydrogen-bond donors (Lipinski definition) is 1. The summed E-state index contributed by atoms with van der Waals surface area (Å²) < 4.78 is 5.39. The summed E-state index contributed by atoms with van der Waals surface area (Å²) >= 11 is 0. The Balaban J connectivity index is 2.25. The molecule has 1 aliphatic heterocycles. The molecule has 5 heteroatoms. The highest BCUT2D eigenvalue weighted by Gasteiger charge is 2.26. The Hall–Kier alpha value is -0.810. The molecule has 5 nitrogen and oxygen atoms in total. The van der Waals surface area contributed by atoms with Crippen molar-refractivity contribution in [2.75, 3.05) is 39.3 Å². The van der Waals surface area contributed by atoms with E-state index in [1.165, 1.54) is 0 Å². The number of piperazine rings is 1. The number of carbonyl (C=O) groups excluding carboxylic acids is 1. The van der Waals surface area contributed by atoms with Crippen LogP contribution in [0.1, 0.15) is 47.5 Å². The number of amides is 1. The summed E-state index contributed by atoms with van der Waals surface area (Å²) in [5.41, 5.74) is -0.414. The van der Waals surface area contributed by atoms with Crippen LogP contribution in [-0.4, -0.2) is 65.9 Å². The van der Waals surface area contributed by atoms with Crippen LogP contribution in [0.3, 0.4) is 0 Å². The van der Waals surface area contributed by atoms with Crippen LogP contribution in [0.4, 0.5) is 4.79 Å². The van der Waals surface area contributed by atoms with Crippen molar-refractivity contribution in [1.82, 2.24) is 9.80 Å². The first-order valence-electron chi connectivity index (χ1n) is 7.94. The first kappa shape index (κ1) is 18.2. The van der Waals surface area contributed by atoms with Gasteiger partial charge in [0.25, 0.3) is 0 Å². The van der Waals surface area contributed by atoms with Gasteiger partial charge in [-0.1, -0.05) is 13.8 Å². The van der Waals surface area contributed by atoms with Gasteiger partial charge in [-0.25, -0.2) is 4.79 Å². The first-order chi connectivity index (χ1) is 9.63. The van der Waals surface area contributed by atoms with E-state index in [-0.39, 0.29) is 18.1 Å². The van der Waals surface area contributed by atoms with Gasteiger partial charge in [0, 0.05) is 32.8 Å². The van der Waals surface area contributed by atoms with Crippen LogP contribution in [0.15, 0.2) is 0 Å². The van der Waals surface area contributed by atoms with Crippen LogP contribution in [0.25, 0.3) is 0 Å². The highest BCUT2D eigenvalue weighted by atomic mass is 16.6. The summed E-state index contributed by atoms with van der Waals surface area (Å²) in [6.07, 6.45) is 1.90. The molecule has 0 aliphatic carbocycles. The van der Waals surface area contributed by atoms with Gasteiger partial charge in [-0.05, 0) is 45.6 Å². The minimum atomic E-state index is -0.426. The second kappa shape index (κ2) is 7.45. The van der Waals surface area contributed by atoms with E-state index >= 15 is 0 Å². The fourth-order valence-corrected chi connectivity index (χ4v) is 2.34. The molecule has 0 unspecified atom stereocenters. The van der Waals surface area contributed by atoms with E-state index in [0.29, 0.717) is 0 Å². The molecule has 0 aromatic heterocycles. The van der Waals surface area contributed by atoms with Crippen molar-refractivity contribution in [3.8, 4) is 0 Å². The van der Waals surface area contributed by atoms with Crippen molar-refractivity contribution in [1.29, 1.82) is 0 Å². The molecule has 0 saturated carbocycles. The van der Waals surface area contributed by atoms with Gasteiger partial charge < -0.3 is 14.7 Å². The van der Waals surface area contributed by atoms with Crippen LogP contribution in [-0.2, 0) is 4.74 Å². The van der Waals surface area contributed by atoms with Gasteiger partial charge in [0.15, 0.2) is 0 Å². The average Bonchev–Trinajstić information content (AvgIpc) is 2.37. The van der Waals surface area contributed by atoms with Crippen molar-refractivity contribution in [3.63, 3.8) is 0 Å². The molecule has 0 radical (unpaired) electrons. The molecule has 1 aliphatic rings. The fourth-order valence-electron chi connectivity index (χ4n) is 2.34. The number of ether oxygens (including phenoxy) is 1. The molecule has 1 heterocycles. The van der Waals surface area contributed by atoms with Crippen LogP contribution in [0.5, 0.6) is 0 Å². The lowest BCUT2D eigenvalue weighted by atomic mass is 9.89. The molecule has 1 fully saturated rings. The zero-order chi connectivity index (χ0) is 16.1. The number of carbonyl (C=O) groups is 1. The molecular formula is C16H32N2O3. The molecule has 0 atom stereocenters. The number of rotatable bonds is 5. The van der Waals surface area contributed by atoms with Crippen LogP contribution in [0.2, 0.25) is 0 Å².